The number of rotatable bonds is 5. The molecule has 1 aromatic rings. The van der Waals surface area contributed by atoms with E-state index in [1.807, 2.05) is 0 Å². The quantitative estimate of drug-likeness (QED) is 0.738. The Balaban J connectivity index is 1.41. The van der Waals surface area contributed by atoms with Crippen LogP contribution in [0.5, 0.6) is 0 Å². The number of sulfonamides is 1. The highest BCUT2D eigenvalue weighted by Crippen LogP contribution is 2.26. The van der Waals surface area contributed by atoms with Gasteiger partial charge in [0.1, 0.15) is 10.6 Å². The molecule has 2 N–H and O–H groups in total. The summed E-state index contributed by atoms with van der Waals surface area (Å²) in [6, 6.07) is 1.67. The fraction of sp³-hybridized carbons (Fsp3) is 0.714. The molecule has 2 amide bonds. The van der Waals surface area contributed by atoms with Crippen LogP contribution < -0.4 is 5.32 Å². The van der Waals surface area contributed by atoms with Crippen LogP contribution in [0.25, 0.3) is 0 Å². The highest BCUT2D eigenvalue weighted by Gasteiger charge is 2.35. The van der Waals surface area contributed by atoms with Crippen LogP contribution in [0.4, 0.5) is 0 Å². The van der Waals surface area contributed by atoms with Crippen LogP contribution in [0.1, 0.15) is 68.3 Å². The fourth-order valence-corrected chi connectivity index (χ4v) is 6.35. The Morgan fingerprint density at radius 1 is 0.967 bits per heavy atom. The number of piperidine rings is 2. The van der Waals surface area contributed by atoms with Gasteiger partial charge in [-0.25, -0.2) is 8.42 Å². The van der Waals surface area contributed by atoms with Crippen LogP contribution >= 0.6 is 0 Å². The van der Waals surface area contributed by atoms with Gasteiger partial charge in [-0.2, -0.15) is 4.31 Å². The molecule has 0 unspecified atom stereocenters. The van der Waals surface area contributed by atoms with Crippen molar-refractivity contribution in [3.63, 3.8) is 0 Å². The van der Waals surface area contributed by atoms with Gasteiger partial charge in [0.2, 0.25) is 15.9 Å². The van der Waals surface area contributed by atoms with Crippen molar-refractivity contribution in [3.05, 3.63) is 18.0 Å². The minimum Gasteiger partial charge on any atom is -0.356 e. The highest BCUT2D eigenvalue weighted by molar-refractivity contribution is 7.89. The van der Waals surface area contributed by atoms with Crippen LogP contribution in [-0.4, -0.2) is 66.6 Å². The van der Waals surface area contributed by atoms with E-state index in [0.717, 1.165) is 44.9 Å². The Morgan fingerprint density at radius 3 is 2.43 bits per heavy atom. The van der Waals surface area contributed by atoms with Crippen molar-refractivity contribution < 1.29 is 18.0 Å². The van der Waals surface area contributed by atoms with E-state index in [9.17, 15) is 18.0 Å². The number of H-pyrrole nitrogens is 1. The third-order valence-electron chi connectivity index (χ3n) is 6.62. The number of amides is 2. The minimum atomic E-state index is -3.75. The maximum atomic E-state index is 13.2. The lowest BCUT2D eigenvalue weighted by Gasteiger charge is -2.31. The molecule has 0 bridgehead atoms. The number of aromatic amines is 1. The molecule has 1 atom stereocenters. The molecule has 0 radical (unpaired) electrons. The van der Waals surface area contributed by atoms with Crippen molar-refractivity contribution in [2.75, 3.05) is 26.2 Å². The van der Waals surface area contributed by atoms with Gasteiger partial charge in [0, 0.05) is 38.4 Å². The fourth-order valence-electron chi connectivity index (χ4n) is 4.83. The van der Waals surface area contributed by atoms with E-state index in [-0.39, 0.29) is 35.2 Å². The third kappa shape index (κ3) is 4.56. The van der Waals surface area contributed by atoms with E-state index in [1.54, 1.807) is 4.90 Å². The Bertz CT molecular complexity index is 869. The average Bonchev–Trinajstić information content (AvgIpc) is 3.46. The number of carbonyl (C=O) groups excluding carboxylic acids is 2. The topological polar surface area (TPSA) is 103 Å². The molecule has 1 aromatic heterocycles. The number of likely N-dealkylation sites (tertiary alicyclic amines) is 1. The van der Waals surface area contributed by atoms with Crippen molar-refractivity contribution in [1.29, 1.82) is 0 Å². The molecule has 0 aromatic carbocycles. The first-order valence-corrected chi connectivity index (χ1v) is 12.7. The molecule has 0 spiro atoms. The number of hydrogen-bond donors (Lipinski definition) is 2. The van der Waals surface area contributed by atoms with Crippen LogP contribution in [0.3, 0.4) is 0 Å². The second-order valence-corrected chi connectivity index (χ2v) is 10.7. The maximum Gasteiger partial charge on any atom is 0.270 e. The monoisotopic (exact) mass is 436 g/mol. The zero-order chi connectivity index (χ0) is 21.1. The Kier molecular flexibility index (Phi) is 6.48. The molecule has 2 saturated heterocycles. The van der Waals surface area contributed by atoms with Gasteiger partial charge in [-0.1, -0.05) is 12.8 Å². The summed E-state index contributed by atoms with van der Waals surface area (Å²) in [5.74, 6) is -0.497. The predicted octanol–water partition coefficient (Wildman–Crippen LogP) is 2.10. The molecule has 8 nitrogen and oxygen atoms in total. The summed E-state index contributed by atoms with van der Waals surface area (Å²) in [6.45, 7) is 2.02. The molecule has 1 saturated carbocycles. The number of carbonyl (C=O) groups is 2. The lowest BCUT2D eigenvalue weighted by molar-refractivity contribution is -0.126. The van der Waals surface area contributed by atoms with Crippen LogP contribution in [0.2, 0.25) is 0 Å². The van der Waals surface area contributed by atoms with E-state index in [0.29, 0.717) is 38.2 Å². The standard InChI is InChI=1S/C21H32N4O4S/c26-20(23-17-8-2-3-9-17)16-7-6-12-25(15-16)30(28,29)18-13-19(22-14-18)21(27)24-10-4-1-5-11-24/h13-14,16-17,22H,1-12,15H2,(H,23,26)/t16-/m0/s1. The molecule has 3 fully saturated rings. The van der Waals surface area contributed by atoms with E-state index in [1.165, 1.54) is 16.6 Å². The summed E-state index contributed by atoms with van der Waals surface area (Å²) >= 11 is 0. The number of hydrogen-bond acceptors (Lipinski definition) is 4. The van der Waals surface area contributed by atoms with Gasteiger partial charge in [-0.3, -0.25) is 9.59 Å². The molecule has 30 heavy (non-hydrogen) atoms. The smallest absolute Gasteiger partial charge is 0.270 e. The number of aromatic nitrogens is 1. The average molecular weight is 437 g/mol. The van der Waals surface area contributed by atoms with Gasteiger partial charge in [0.25, 0.3) is 5.91 Å². The van der Waals surface area contributed by atoms with Crippen LogP contribution in [-0.2, 0) is 14.8 Å². The predicted molar refractivity (Wildman–Crippen MR) is 112 cm³/mol. The summed E-state index contributed by atoms with van der Waals surface area (Å²) in [6.07, 6.45) is 10.2. The van der Waals surface area contributed by atoms with E-state index in [4.69, 9.17) is 0 Å². The van der Waals surface area contributed by atoms with Crippen molar-refractivity contribution in [3.8, 4) is 0 Å². The first-order chi connectivity index (χ1) is 14.4. The maximum absolute atomic E-state index is 13.2. The summed E-state index contributed by atoms with van der Waals surface area (Å²) < 4.78 is 27.7. The third-order valence-corrected chi connectivity index (χ3v) is 8.47. The molecular weight excluding hydrogens is 404 g/mol. The largest absolute Gasteiger partial charge is 0.356 e. The van der Waals surface area contributed by atoms with Gasteiger partial charge < -0.3 is 15.2 Å². The van der Waals surface area contributed by atoms with Gasteiger partial charge in [-0.15, -0.1) is 0 Å². The van der Waals surface area contributed by atoms with Gasteiger partial charge in [0.05, 0.1) is 5.92 Å². The lowest BCUT2D eigenvalue weighted by atomic mass is 9.98. The van der Waals surface area contributed by atoms with E-state index in [2.05, 4.69) is 10.3 Å². The Labute approximate surface area is 178 Å². The summed E-state index contributed by atoms with van der Waals surface area (Å²) in [7, 11) is -3.75. The number of nitrogens with zero attached hydrogens (tertiary/aromatic N) is 2. The molecule has 3 aliphatic rings. The summed E-state index contributed by atoms with van der Waals surface area (Å²) in [5.41, 5.74) is 0.308. The highest BCUT2D eigenvalue weighted by atomic mass is 32.2. The molecule has 2 aliphatic heterocycles. The van der Waals surface area contributed by atoms with Crippen molar-refractivity contribution in [1.82, 2.24) is 19.5 Å². The van der Waals surface area contributed by atoms with E-state index >= 15 is 0 Å². The van der Waals surface area contributed by atoms with E-state index < -0.39 is 10.0 Å². The first-order valence-electron chi connectivity index (χ1n) is 11.2. The minimum absolute atomic E-state index is 0.0307. The lowest BCUT2D eigenvalue weighted by Crippen LogP contribution is -2.47. The number of nitrogens with one attached hydrogen (secondary N) is 2. The second-order valence-electron chi connectivity index (χ2n) is 8.79. The summed E-state index contributed by atoms with van der Waals surface area (Å²) in [4.78, 5) is 30.0. The van der Waals surface area contributed by atoms with Gasteiger partial charge in [0.15, 0.2) is 0 Å². The SMILES string of the molecule is O=C(NC1CCCC1)[C@H]1CCCN(S(=O)(=O)c2c[nH]c(C(=O)N3CCCCC3)c2)C1. The Morgan fingerprint density at radius 2 is 1.70 bits per heavy atom. The van der Waals surface area contributed by atoms with Crippen molar-refractivity contribution >= 4 is 21.8 Å². The molecule has 1 aliphatic carbocycles. The molecule has 166 valence electrons. The van der Waals surface area contributed by atoms with Gasteiger partial charge >= 0.3 is 0 Å². The molecule has 3 heterocycles. The molecular formula is C21H32N4O4S. The van der Waals surface area contributed by atoms with Crippen LogP contribution in [0, 0.1) is 5.92 Å². The molecule has 4 rings (SSSR count). The Hall–Kier alpha value is -1.87. The zero-order valence-electron chi connectivity index (χ0n) is 17.4. The second kappa shape index (κ2) is 9.09. The van der Waals surface area contributed by atoms with Gasteiger partial charge in [-0.05, 0) is 51.0 Å². The molecule has 9 heteroatoms. The van der Waals surface area contributed by atoms with Crippen LogP contribution in [0.15, 0.2) is 17.2 Å². The normalized spacial score (nSPS) is 24.1. The summed E-state index contributed by atoms with van der Waals surface area (Å²) in [5, 5.41) is 3.10. The zero-order valence-corrected chi connectivity index (χ0v) is 18.3. The van der Waals surface area contributed by atoms with Crippen molar-refractivity contribution in [2.45, 2.75) is 68.7 Å². The van der Waals surface area contributed by atoms with Crippen molar-refractivity contribution in [2.24, 2.45) is 5.92 Å². The first kappa shape index (κ1) is 21.4.